The molecule has 56 valence electrons. The monoisotopic (exact) mass is 136 g/mol. The Balaban J connectivity index is 2.20. The first-order valence-corrected chi connectivity index (χ1v) is 4.36. The third kappa shape index (κ3) is 0.902. The van der Waals surface area contributed by atoms with Crippen molar-refractivity contribution in [2.75, 3.05) is 0 Å². The Hall–Kier alpha value is -0.260. The van der Waals surface area contributed by atoms with E-state index in [-0.39, 0.29) is 0 Å². The van der Waals surface area contributed by atoms with Gasteiger partial charge in [-0.15, -0.1) is 0 Å². The van der Waals surface area contributed by atoms with Gasteiger partial charge >= 0.3 is 0 Å². The van der Waals surface area contributed by atoms with Gasteiger partial charge in [-0.2, -0.15) is 0 Å². The van der Waals surface area contributed by atoms with Gasteiger partial charge in [0.2, 0.25) is 0 Å². The lowest BCUT2D eigenvalue weighted by Gasteiger charge is -2.32. The molecule has 0 saturated heterocycles. The van der Waals surface area contributed by atoms with Gasteiger partial charge < -0.3 is 0 Å². The molecule has 2 atom stereocenters. The molecule has 0 amide bonds. The van der Waals surface area contributed by atoms with Crippen molar-refractivity contribution in [2.45, 2.75) is 39.5 Å². The van der Waals surface area contributed by atoms with Crippen LogP contribution in [0.15, 0.2) is 11.6 Å². The van der Waals surface area contributed by atoms with E-state index in [0.717, 1.165) is 5.92 Å². The van der Waals surface area contributed by atoms with Crippen LogP contribution in [-0.2, 0) is 0 Å². The fourth-order valence-electron chi connectivity index (χ4n) is 2.76. The molecule has 0 aliphatic heterocycles. The molecule has 0 aromatic carbocycles. The Morgan fingerprint density at radius 3 is 3.10 bits per heavy atom. The summed E-state index contributed by atoms with van der Waals surface area (Å²) in [5.41, 5.74) is 2.41. The second kappa shape index (κ2) is 1.87. The molecule has 0 heterocycles. The van der Waals surface area contributed by atoms with Crippen molar-refractivity contribution in [2.24, 2.45) is 11.3 Å². The molecule has 0 N–H and O–H groups in total. The van der Waals surface area contributed by atoms with Crippen LogP contribution in [0.1, 0.15) is 39.5 Å². The molecule has 2 unspecified atom stereocenters. The van der Waals surface area contributed by atoms with E-state index in [0.29, 0.717) is 5.41 Å². The lowest BCUT2D eigenvalue weighted by atomic mass is 9.73. The number of hydrogen-bond acceptors (Lipinski definition) is 0. The number of rotatable bonds is 0. The van der Waals surface area contributed by atoms with Crippen LogP contribution in [0, 0.1) is 11.3 Å². The summed E-state index contributed by atoms with van der Waals surface area (Å²) >= 11 is 0. The van der Waals surface area contributed by atoms with Crippen LogP contribution < -0.4 is 0 Å². The number of fused-ring (bicyclic) bond motifs is 2. The standard InChI is InChI=1S/C10H16/c1-8-5-9-3-4-10(2,6-8)7-9/h3,8H,4-7H2,1-2H3. The first-order chi connectivity index (χ1) is 4.68. The highest BCUT2D eigenvalue weighted by Crippen LogP contribution is 2.49. The van der Waals surface area contributed by atoms with Crippen molar-refractivity contribution in [1.82, 2.24) is 0 Å². The van der Waals surface area contributed by atoms with Crippen molar-refractivity contribution in [3.8, 4) is 0 Å². The SMILES string of the molecule is CC1CC2=CCC(C)(C2)C1. The van der Waals surface area contributed by atoms with Crippen LogP contribution in [0.3, 0.4) is 0 Å². The van der Waals surface area contributed by atoms with E-state index >= 15 is 0 Å². The van der Waals surface area contributed by atoms with Crippen molar-refractivity contribution < 1.29 is 0 Å². The molecule has 10 heavy (non-hydrogen) atoms. The fourth-order valence-corrected chi connectivity index (χ4v) is 2.76. The highest BCUT2D eigenvalue weighted by molar-refractivity contribution is 5.18. The molecular formula is C10H16. The van der Waals surface area contributed by atoms with Gasteiger partial charge in [0.05, 0.1) is 0 Å². The van der Waals surface area contributed by atoms with E-state index in [4.69, 9.17) is 0 Å². The molecule has 0 radical (unpaired) electrons. The topological polar surface area (TPSA) is 0 Å². The van der Waals surface area contributed by atoms with E-state index in [1.54, 1.807) is 5.57 Å². The fraction of sp³-hybridized carbons (Fsp3) is 0.800. The van der Waals surface area contributed by atoms with Gasteiger partial charge in [0.1, 0.15) is 0 Å². The Labute approximate surface area is 63.3 Å². The van der Waals surface area contributed by atoms with Gasteiger partial charge in [0.25, 0.3) is 0 Å². The van der Waals surface area contributed by atoms with Gasteiger partial charge in [0.15, 0.2) is 0 Å². The molecule has 0 nitrogen and oxygen atoms in total. The molecule has 2 bridgehead atoms. The number of hydrogen-bond donors (Lipinski definition) is 0. The van der Waals surface area contributed by atoms with Gasteiger partial charge in [-0.1, -0.05) is 25.5 Å². The summed E-state index contributed by atoms with van der Waals surface area (Å²) in [6.45, 7) is 4.82. The third-order valence-corrected chi connectivity index (χ3v) is 2.99. The molecule has 1 fully saturated rings. The molecule has 2 rings (SSSR count). The lowest BCUT2D eigenvalue weighted by Crippen LogP contribution is -2.20. The summed E-state index contributed by atoms with van der Waals surface area (Å²) in [5.74, 6) is 0.951. The van der Waals surface area contributed by atoms with Gasteiger partial charge in [-0.3, -0.25) is 0 Å². The third-order valence-electron chi connectivity index (χ3n) is 2.99. The van der Waals surface area contributed by atoms with Crippen LogP contribution >= 0.6 is 0 Å². The van der Waals surface area contributed by atoms with Gasteiger partial charge in [-0.05, 0) is 37.0 Å². The molecule has 0 spiro atoms. The van der Waals surface area contributed by atoms with E-state index in [2.05, 4.69) is 19.9 Å². The molecule has 0 heteroatoms. The summed E-state index contributed by atoms with van der Waals surface area (Å²) in [5, 5.41) is 0. The minimum Gasteiger partial charge on any atom is -0.0847 e. The van der Waals surface area contributed by atoms with Crippen LogP contribution in [0.2, 0.25) is 0 Å². The normalized spacial score (nSPS) is 45.4. The van der Waals surface area contributed by atoms with E-state index in [1.165, 1.54) is 25.7 Å². The molecule has 2 aliphatic rings. The van der Waals surface area contributed by atoms with Crippen molar-refractivity contribution in [3.05, 3.63) is 11.6 Å². The quantitative estimate of drug-likeness (QED) is 0.449. The molecule has 2 aliphatic carbocycles. The zero-order valence-electron chi connectivity index (χ0n) is 6.98. The molecule has 0 aromatic rings. The summed E-state index contributed by atoms with van der Waals surface area (Å²) in [6, 6.07) is 0. The minimum absolute atomic E-state index is 0.674. The largest absolute Gasteiger partial charge is 0.0847 e. The highest BCUT2D eigenvalue weighted by atomic mass is 14.4. The second-order valence-electron chi connectivity index (χ2n) is 4.57. The van der Waals surface area contributed by atoms with Gasteiger partial charge in [0, 0.05) is 0 Å². The van der Waals surface area contributed by atoms with Crippen molar-refractivity contribution >= 4 is 0 Å². The molecule has 0 aromatic heterocycles. The lowest BCUT2D eigenvalue weighted by molar-refractivity contribution is 0.233. The smallest absolute Gasteiger partial charge is 0.0251 e. The maximum atomic E-state index is 2.48. The second-order valence-corrected chi connectivity index (χ2v) is 4.57. The maximum absolute atomic E-state index is 2.48. The highest BCUT2D eigenvalue weighted by Gasteiger charge is 2.35. The molecule has 1 saturated carbocycles. The number of allylic oxidation sites excluding steroid dienone is 2. The Kier molecular flexibility index (Phi) is 1.21. The van der Waals surface area contributed by atoms with Crippen LogP contribution in [0.5, 0.6) is 0 Å². The predicted molar refractivity (Wildman–Crippen MR) is 43.8 cm³/mol. The zero-order valence-corrected chi connectivity index (χ0v) is 6.98. The average Bonchev–Trinajstić information content (AvgIpc) is 2.06. The van der Waals surface area contributed by atoms with E-state index in [1.807, 2.05) is 0 Å². The van der Waals surface area contributed by atoms with Gasteiger partial charge in [-0.25, -0.2) is 0 Å². The van der Waals surface area contributed by atoms with Crippen LogP contribution in [0.4, 0.5) is 0 Å². The first-order valence-electron chi connectivity index (χ1n) is 4.36. The van der Waals surface area contributed by atoms with Crippen molar-refractivity contribution in [1.29, 1.82) is 0 Å². The average molecular weight is 136 g/mol. The Morgan fingerprint density at radius 1 is 1.60 bits per heavy atom. The first kappa shape index (κ1) is 6.45. The minimum atomic E-state index is 0.674. The summed E-state index contributed by atoms with van der Waals surface area (Å²) in [6.07, 6.45) is 8.07. The maximum Gasteiger partial charge on any atom is -0.0251 e. The van der Waals surface area contributed by atoms with Crippen LogP contribution in [0.25, 0.3) is 0 Å². The summed E-state index contributed by atoms with van der Waals surface area (Å²) < 4.78 is 0. The summed E-state index contributed by atoms with van der Waals surface area (Å²) in [7, 11) is 0. The van der Waals surface area contributed by atoms with Crippen LogP contribution in [-0.4, -0.2) is 0 Å². The molecular weight excluding hydrogens is 120 g/mol. The summed E-state index contributed by atoms with van der Waals surface area (Å²) in [4.78, 5) is 0. The predicted octanol–water partition coefficient (Wildman–Crippen LogP) is 3.14. The van der Waals surface area contributed by atoms with E-state index in [9.17, 15) is 0 Å². The zero-order chi connectivity index (χ0) is 7.19. The Bertz CT molecular complexity index is 178. The Morgan fingerprint density at radius 2 is 2.40 bits per heavy atom. The van der Waals surface area contributed by atoms with E-state index < -0.39 is 0 Å². The van der Waals surface area contributed by atoms with Crippen molar-refractivity contribution in [3.63, 3.8) is 0 Å².